The molecule has 2 N–H and O–H groups in total. The monoisotopic (exact) mass is 253 g/mol. The highest BCUT2D eigenvalue weighted by molar-refractivity contribution is 4.81. The molecule has 106 valence electrons. The fourth-order valence-corrected chi connectivity index (χ4v) is 3.37. The molecule has 2 unspecified atom stereocenters. The lowest BCUT2D eigenvalue weighted by molar-refractivity contribution is 0.221. The van der Waals surface area contributed by atoms with Crippen LogP contribution in [0.15, 0.2) is 0 Å². The molecule has 0 aromatic rings. The van der Waals surface area contributed by atoms with Crippen molar-refractivity contribution in [2.45, 2.75) is 70.0 Å². The molecular weight excluding hydrogens is 222 g/mol. The maximum Gasteiger partial charge on any atom is 0.00938 e. The van der Waals surface area contributed by atoms with Crippen molar-refractivity contribution in [2.75, 3.05) is 26.7 Å². The standard InChI is InChI=1S/C15H31N3/c1-13(12-15-6-4-3-5-9-16-15)17-14-7-10-18(2)11-8-14/h13-17H,3-12H2,1-2H3. The maximum atomic E-state index is 3.84. The molecule has 0 bridgehead atoms. The van der Waals surface area contributed by atoms with Gasteiger partial charge in [-0.2, -0.15) is 0 Å². The van der Waals surface area contributed by atoms with Crippen LogP contribution in [0, 0.1) is 0 Å². The molecule has 0 amide bonds. The van der Waals surface area contributed by atoms with Gasteiger partial charge in [-0.15, -0.1) is 0 Å². The average molecular weight is 253 g/mol. The third kappa shape index (κ3) is 4.87. The van der Waals surface area contributed by atoms with E-state index in [2.05, 4.69) is 29.5 Å². The van der Waals surface area contributed by atoms with E-state index in [0.717, 1.165) is 12.1 Å². The van der Waals surface area contributed by atoms with Gasteiger partial charge in [-0.3, -0.25) is 0 Å². The van der Waals surface area contributed by atoms with E-state index in [1.54, 1.807) is 0 Å². The Morgan fingerprint density at radius 3 is 2.72 bits per heavy atom. The second-order valence-electron chi connectivity index (χ2n) is 6.38. The molecular formula is C15H31N3. The van der Waals surface area contributed by atoms with Crippen molar-refractivity contribution in [3.63, 3.8) is 0 Å². The third-order valence-electron chi connectivity index (χ3n) is 4.54. The predicted molar refractivity (Wildman–Crippen MR) is 78.0 cm³/mol. The van der Waals surface area contributed by atoms with Gasteiger partial charge >= 0.3 is 0 Å². The second kappa shape index (κ2) is 7.46. The molecule has 0 aliphatic carbocycles. The van der Waals surface area contributed by atoms with Gasteiger partial charge in [-0.05, 0) is 65.7 Å². The minimum atomic E-state index is 0.661. The van der Waals surface area contributed by atoms with Crippen LogP contribution in [0.2, 0.25) is 0 Å². The Balaban J connectivity index is 1.66. The van der Waals surface area contributed by atoms with Crippen molar-refractivity contribution in [1.82, 2.24) is 15.5 Å². The maximum absolute atomic E-state index is 3.84. The molecule has 2 fully saturated rings. The van der Waals surface area contributed by atoms with Crippen LogP contribution in [-0.4, -0.2) is 49.7 Å². The zero-order valence-corrected chi connectivity index (χ0v) is 12.3. The van der Waals surface area contributed by atoms with Gasteiger partial charge in [-0.1, -0.05) is 12.8 Å². The van der Waals surface area contributed by atoms with E-state index in [1.807, 2.05) is 0 Å². The Bertz CT molecular complexity index is 216. The quantitative estimate of drug-likeness (QED) is 0.802. The van der Waals surface area contributed by atoms with Crippen LogP contribution in [0.1, 0.15) is 51.9 Å². The summed E-state index contributed by atoms with van der Waals surface area (Å²) in [4.78, 5) is 2.44. The summed E-state index contributed by atoms with van der Waals surface area (Å²) in [5, 5.41) is 7.55. The molecule has 0 aromatic carbocycles. The highest BCUT2D eigenvalue weighted by Gasteiger charge is 2.20. The van der Waals surface area contributed by atoms with E-state index in [-0.39, 0.29) is 0 Å². The summed E-state index contributed by atoms with van der Waals surface area (Å²) < 4.78 is 0. The van der Waals surface area contributed by atoms with E-state index in [9.17, 15) is 0 Å². The molecule has 2 aliphatic heterocycles. The first kappa shape index (κ1) is 14.3. The van der Waals surface area contributed by atoms with Crippen LogP contribution in [0.25, 0.3) is 0 Å². The summed E-state index contributed by atoms with van der Waals surface area (Å²) in [7, 11) is 2.23. The molecule has 3 heteroatoms. The summed E-state index contributed by atoms with van der Waals surface area (Å²) >= 11 is 0. The zero-order chi connectivity index (χ0) is 12.8. The van der Waals surface area contributed by atoms with E-state index < -0.39 is 0 Å². The van der Waals surface area contributed by atoms with Gasteiger partial charge in [0.15, 0.2) is 0 Å². The number of likely N-dealkylation sites (tertiary alicyclic amines) is 1. The van der Waals surface area contributed by atoms with Gasteiger partial charge in [0.1, 0.15) is 0 Å². The van der Waals surface area contributed by atoms with Crippen molar-refractivity contribution in [2.24, 2.45) is 0 Å². The summed E-state index contributed by atoms with van der Waals surface area (Å²) in [6.07, 6.45) is 9.51. The van der Waals surface area contributed by atoms with Crippen molar-refractivity contribution >= 4 is 0 Å². The number of nitrogens with zero attached hydrogens (tertiary/aromatic N) is 1. The van der Waals surface area contributed by atoms with Gasteiger partial charge in [0.2, 0.25) is 0 Å². The predicted octanol–water partition coefficient (Wildman–Crippen LogP) is 1.98. The molecule has 2 aliphatic rings. The number of piperidine rings is 1. The average Bonchev–Trinajstić information content (AvgIpc) is 2.61. The Hall–Kier alpha value is -0.120. The molecule has 0 radical (unpaired) electrons. The van der Waals surface area contributed by atoms with Gasteiger partial charge < -0.3 is 15.5 Å². The number of hydrogen-bond donors (Lipinski definition) is 2. The smallest absolute Gasteiger partial charge is 0.00938 e. The molecule has 3 nitrogen and oxygen atoms in total. The molecule has 0 spiro atoms. The number of hydrogen-bond acceptors (Lipinski definition) is 3. The van der Waals surface area contributed by atoms with E-state index in [1.165, 1.54) is 64.6 Å². The molecule has 0 aromatic heterocycles. The van der Waals surface area contributed by atoms with Gasteiger partial charge in [-0.25, -0.2) is 0 Å². The third-order valence-corrected chi connectivity index (χ3v) is 4.54. The van der Waals surface area contributed by atoms with Crippen molar-refractivity contribution in [3.05, 3.63) is 0 Å². The zero-order valence-electron chi connectivity index (χ0n) is 12.3. The Morgan fingerprint density at radius 2 is 1.94 bits per heavy atom. The Kier molecular flexibility index (Phi) is 5.93. The Labute approximate surface area is 113 Å². The van der Waals surface area contributed by atoms with Crippen LogP contribution < -0.4 is 10.6 Å². The highest BCUT2D eigenvalue weighted by Crippen LogP contribution is 2.14. The first-order valence-electron chi connectivity index (χ1n) is 7.92. The lowest BCUT2D eigenvalue weighted by Gasteiger charge is -2.32. The topological polar surface area (TPSA) is 27.3 Å². The highest BCUT2D eigenvalue weighted by atomic mass is 15.1. The fourth-order valence-electron chi connectivity index (χ4n) is 3.37. The molecule has 2 atom stereocenters. The summed E-state index contributed by atoms with van der Waals surface area (Å²) in [5.41, 5.74) is 0. The van der Waals surface area contributed by atoms with Gasteiger partial charge in [0, 0.05) is 18.1 Å². The van der Waals surface area contributed by atoms with Crippen LogP contribution in [0.5, 0.6) is 0 Å². The van der Waals surface area contributed by atoms with E-state index in [4.69, 9.17) is 0 Å². The fraction of sp³-hybridized carbons (Fsp3) is 1.00. The summed E-state index contributed by atoms with van der Waals surface area (Å²) in [6.45, 7) is 6.11. The summed E-state index contributed by atoms with van der Waals surface area (Å²) in [5.74, 6) is 0. The molecule has 2 rings (SSSR count). The molecule has 18 heavy (non-hydrogen) atoms. The first-order valence-corrected chi connectivity index (χ1v) is 7.92. The Morgan fingerprint density at radius 1 is 1.17 bits per heavy atom. The van der Waals surface area contributed by atoms with Crippen LogP contribution in [0.4, 0.5) is 0 Å². The van der Waals surface area contributed by atoms with Crippen LogP contribution in [0.3, 0.4) is 0 Å². The minimum absolute atomic E-state index is 0.661. The second-order valence-corrected chi connectivity index (χ2v) is 6.38. The first-order chi connectivity index (χ1) is 8.74. The normalized spacial score (nSPS) is 30.0. The van der Waals surface area contributed by atoms with Crippen molar-refractivity contribution in [1.29, 1.82) is 0 Å². The largest absolute Gasteiger partial charge is 0.314 e. The summed E-state index contributed by atoms with van der Waals surface area (Å²) in [6, 6.07) is 2.16. The van der Waals surface area contributed by atoms with E-state index in [0.29, 0.717) is 6.04 Å². The van der Waals surface area contributed by atoms with Crippen molar-refractivity contribution in [3.8, 4) is 0 Å². The van der Waals surface area contributed by atoms with Gasteiger partial charge in [0.25, 0.3) is 0 Å². The minimum Gasteiger partial charge on any atom is -0.314 e. The van der Waals surface area contributed by atoms with Crippen LogP contribution >= 0.6 is 0 Å². The lowest BCUT2D eigenvalue weighted by atomic mass is 10.00. The van der Waals surface area contributed by atoms with Crippen LogP contribution in [-0.2, 0) is 0 Å². The van der Waals surface area contributed by atoms with Crippen molar-refractivity contribution < 1.29 is 0 Å². The molecule has 2 saturated heterocycles. The molecule has 0 saturated carbocycles. The lowest BCUT2D eigenvalue weighted by Crippen LogP contribution is -2.46. The van der Waals surface area contributed by atoms with Gasteiger partial charge in [0.05, 0.1) is 0 Å². The number of rotatable bonds is 4. The SMILES string of the molecule is CC(CC1CCCCCN1)NC1CCN(C)CC1. The van der Waals surface area contributed by atoms with E-state index >= 15 is 0 Å². The molecule has 2 heterocycles. The number of nitrogens with one attached hydrogen (secondary N) is 2.